The monoisotopic (exact) mass is 309 g/mol. The molecule has 1 N–H and O–H groups in total. The maximum absolute atomic E-state index is 13.4. The normalized spacial score (nSPS) is 10.3. The van der Waals surface area contributed by atoms with Crippen LogP contribution in [0.1, 0.15) is 12.5 Å². The second kappa shape index (κ2) is 7.18. The fourth-order valence-corrected chi connectivity index (χ4v) is 2.02. The van der Waals surface area contributed by atoms with Crippen LogP contribution in [-0.2, 0) is 6.54 Å². The van der Waals surface area contributed by atoms with Gasteiger partial charge in [0.1, 0.15) is 5.82 Å². The summed E-state index contributed by atoms with van der Waals surface area (Å²) in [5, 5.41) is 3.33. The highest BCUT2D eigenvalue weighted by atomic mass is 35.5. The van der Waals surface area contributed by atoms with Crippen LogP contribution in [0, 0.1) is 5.82 Å². The minimum atomic E-state index is -0.416. The molecule has 2 aromatic rings. The van der Waals surface area contributed by atoms with Crippen LogP contribution in [0.5, 0.6) is 11.5 Å². The third-order valence-corrected chi connectivity index (χ3v) is 3.25. The van der Waals surface area contributed by atoms with Crippen LogP contribution in [0.25, 0.3) is 0 Å². The van der Waals surface area contributed by atoms with Crippen molar-refractivity contribution in [1.82, 2.24) is 0 Å². The van der Waals surface area contributed by atoms with Crippen LogP contribution < -0.4 is 14.8 Å². The van der Waals surface area contributed by atoms with Gasteiger partial charge in [-0.3, -0.25) is 0 Å². The lowest BCUT2D eigenvalue weighted by Gasteiger charge is -2.12. The van der Waals surface area contributed by atoms with Gasteiger partial charge in [-0.1, -0.05) is 17.7 Å². The maximum Gasteiger partial charge on any atom is 0.162 e. The van der Waals surface area contributed by atoms with E-state index in [1.54, 1.807) is 19.2 Å². The molecule has 0 aromatic heterocycles. The number of anilines is 1. The summed E-state index contributed by atoms with van der Waals surface area (Å²) < 4.78 is 24.1. The average Bonchev–Trinajstić information content (AvgIpc) is 2.49. The first-order chi connectivity index (χ1) is 10.1. The minimum Gasteiger partial charge on any atom is -0.493 e. The molecule has 0 spiro atoms. The number of ether oxygens (including phenoxy) is 2. The summed E-state index contributed by atoms with van der Waals surface area (Å²) in [7, 11) is 1.59. The van der Waals surface area contributed by atoms with Gasteiger partial charge in [0.05, 0.1) is 18.7 Å². The van der Waals surface area contributed by atoms with E-state index >= 15 is 0 Å². The molecule has 0 amide bonds. The Morgan fingerprint density at radius 2 is 1.95 bits per heavy atom. The molecule has 2 aromatic carbocycles. The van der Waals surface area contributed by atoms with Gasteiger partial charge >= 0.3 is 0 Å². The first kappa shape index (κ1) is 15.4. The lowest BCUT2D eigenvalue weighted by Crippen LogP contribution is -2.01. The zero-order valence-corrected chi connectivity index (χ0v) is 12.7. The van der Waals surface area contributed by atoms with Crippen molar-refractivity contribution in [3.05, 3.63) is 52.8 Å². The van der Waals surface area contributed by atoms with Crippen molar-refractivity contribution >= 4 is 17.3 Å². The summed E-state index contributed by atoms with van der Waals surface area (Å²) in [4.78, 5) is 0. The molecule has 0 atom stereocenters. The highest BCUT2D eigenvalue weighted by Crippen LogP contribution is 2.30. The van der Waals surface area contributed by atoms with Gasteiger partial charge in [0, 0.05) is 18.3 Å². The summed E-state index contributed by atoms with van der Waals surface area (Å²) in [6.45, 7) is 2.99. The summed E-state index contributed by atoms with van der Waals surface area (Å²) in [5.74, 6) is 0.937. The first-order valence-corrected chi connectivity index (χ1v) is 7.00. The Morgan fingerprint density at radius 1 is 1.14 bits per heavy atom. The molecule has 0 aliphatic rings. The lowest BCUT2D eigenvalue weighted by atomic mass is 10.2. The Labute approximate surface area is 128 Å². The molecule has 0 aliphatic heterocycles. The van der Waals surface area contributed by atoms with Gasteiger partial charge in [-0.2, -0.15) is 0 Å². The second-order valence-electron chi connectivity index (χ2n) is 4.40. The molecule has 5 heteroatoms. The molecular formula is C16H17ClFNO2. The summed E-state index contributed by atoms with van der Waals surface area (Å²) >= 11 is 5.66. The molecule has 3 nitrogen and oxygen atoms in total. The van der Waals surface area contributed by atoms with Crippen LogP contribution in [-0.4, -0.2) is 13.7 Å². The fraction of sp³-hybridized carbons (Fsp3) is 0.250. The van der Waals surface area contributed by atoms with E-state index in [-0.39, 0.29) is 5.02 Å². The first-order valence-electron chi connectivity index (χ1n) is 6.62. The average molecular weight is 310 g/mol. The zero-order chi connectivity index (χ0) is 15.2. The second-order valence-corrected chi connectivity index (χ2v) is 4.81. The van der Waals surface area contributed by atoms with E-state index in [1.165, 1.54) is 6.07 Å². The summed E-state index contributed by atoms with van der Waals surface area (Å²) in [6.07, 6.45) is 0. The Morgan fingerprint density at radius 3 is 2.62 bits per heavy atom. The highest BCUT2D eigenvalue weighted by molar-refractivity contribution is 6.30. The molecule has 0 heterocycles. The van der Waals surface area contributed by atoms with Gasteiger partial charge in [0.25, 0.3) is 0 Å². The van der Waals surface area contributed by atoms with Crippen molar-refractivity contribution in [3.63, 3.8) is 0 Å². The molecule has 0 unspecified atom stereocenters. The van der Waals surface area contributed by atoms with Gasteiger partial charge in [-0.05, 0) is 36.8 Å². The lowest BCUT2D eigenvalue weighted by molar-refractivity contribution is 0.311. The Bertz CT molecular complexity index is 619. The number of nitrogens with one attached hydrogen (secondary N) is 1. The topological polar surface area (TPSA) is 30.5 Å². The highest BCUT2D eigenvalue weighted by Gasteiger charge is 2.06. The molecule has 0 aliphatic carbocycles. The molecule has 0 fully saturated rings. The minimum absolute atomic E-state index is 0.126. The van der Waals surface area contributed by atoms with Gasteiger partial charge in [-0.25, -0.2) is 4.39 Å². The summed E-state index contributed by atoms with van der Waals surface area (Å²) in [5.41, 5.74) is 1.68. The van der Waals surface area contributed by atoms with Crippen molar-refractivity contribution in [2.75, 3.05) is 19.0 Å². The standard InChI is InChI=1S/C16H17ClFNO2/c1-3-21-15-7-5-12(9-16(15)20-2)19-10-11-4-6-13(17)14(18)8-11/h4-9,19H,3,10H2,1-2H3. The van der Waals surface area contributed by atoms with Crippen molar-refractivity contribution in [1.29, 1.82) is 0 Å². The number of benzene rings is 2. The molecule has 112 valence electrons. The van der Waals surface area contributed by atoms with Crippen LogP contribution in [0.2, 0.25) is 5.02 Å². The van der Waals surface area contributed by atoms with Crippen LogP contribution >= 0.6 is 11.6 Å². The molecule has 0 radical (unpaired) electrons. The van der Waals surface area contributed by atoms with Gasteiger partial charge in [-0.15, -0.1) is 0 Å². The number of hydrogen-bond acceptors (Lipinski definition) is 3. The van der Waals surface area contributed by atoms with E-state index in [9.17, 15) is 4.39 Å². The van der Waals surface area contributed by atoms with Crippen molar-refractivity contribution in [2.24, 2.45) is 0 Å². The number of halogens is 2. The Balaban J connectivity index is 2.07. The van der Waals surface area contributed by atoms with E-state index in [0.717, 1.165) is 11.3 Å². The van der Waals surface area contributed by atoms with Crippen molar-refractivity contribution < 1.29 is 13.9 Å². The van der Waals surface area contributed by atoms with Crippen molar-refractivity contribution in [2.45, 2.75) is 13.5 Å². The van der Waals surface area contributed by atoms with Gasteiger partial charge in [0.2, 0.25) is 0 Å². The molecule has 2 rings (SSSR count). The number of hydrogen-bond donors (Lipinski definition) is 1. The molecular weight excluding hydrogens is 293 g/mol. The quantitative estimate of drug-likeness (QED) is 0.852. The molecule has 0 saturated carbocycles. The summed E-state index contributed by atoms with van der Waals surface area (Å²) in [6, 6.07) is 10.3. The van der Waals surface area contributed by atoms with E-state index in [1.807, 2.05) is 25.1 Å². The Kier molecular flexibility index (Phi) is 5.28. The maximum atomic E-state index is 13.4. The molecule has 0 bridgehead atoms. The van der Waals surface area contributed by atoms with Gasteiger partial charge < -0.3 is 14.8 Å². The smallest absolute Gasteiger partial charge is 0.162 e. The third-order valence-electron chi connectivity index (χ3n) is 2.94. The Hall–Kier alpha value is -1.94. The predicted octanol–water partition coefficient (Wildman–Crippen LogP) is 4.50. The van der Waals surface area contributed by atoms with Gasteiger partial charge in [0.15, 0.2) is 11.5 Å². The third kappa shape index (κ3) is 4.02. The predicted molar refractivity (Wildman–Crippen MR) is 82.9 cm³/mol. The van der Waals surface area contributed by atoms with E-state index in [4.69, 9.17) is 21.1 Å². The number of methoxy groups -OCH3 is 1. The number of rotatable bonds is 6. The van der Waals surface area contributed by atoms with Crippen molar-refractivity contribution in [3.8, 4) is 11.5 Å². The van der Waals surface area contributed by atoms with E-state index < -0.39 is 5.82 Å². The van der Waals surface area contributed by atoms with E-state index in [0.29, 0.717) is 24.7 Å². The van der Waals surface area contributed by atoms with E-state index in [2.05, 4.69) is 5.32 Å². The van der Waals surface area contributed by atoms with Crippen LogP contribution in [0.4, 0.5) is 10.1 Å². The van der Waals surface area contributed by atoms with Crippen LogP contribution in [0.3, 0.4) is 0 Å². The largest absolute Gasteiger partial charge is 0.493 e. The molecule has 21 heavy (non-hydrogen) atoms. The zero-order valence-electron chi connectivity index (χ0n) is 12.0. The SMILES string of the molecule is CCOc1ccc(NCc2ccc(Cl)c(F)c2)cc1OC. The fourth-order valence-electron chi connectivity index (χ4n) is 1.91. The van der Waals surface area contributed by atoms with Crippen LogP contribution in [0.15, 0.2) is 36.4 Å². The molecule has 0 saturated heterocycles.